The van der Waals surface area contributed by atoms with Gasteiger partial charge in [0.2, 0.25) is 0 Å². The van der Waals surface area contributed by atoms with Gasteiger partial charge < -0.3 is 9.47 Å². The first kappa shape index (κ1) is 15.4. The summed E-state index contributed by atoms with van der Waals surface area (Å²) in [5.74, 6) is -0.180. The highest BCUT2D eigenvalue weighted by atomic mass is 16.6. The summed E-state index contributed by atoms with van der Waals surface area (Å²) in [6, 6.07) is 0. The van der Waals surface area contributed by atoms with Crippen LogP contribution in [0, 0.1) is 0 Å². The van der Waals surface area contributed by atoms with Crippen LogP contribution in [0.4, 0.5) is 0 Å². The van der Waals surface area contributed by atoms with Crippen molar-refractivity contribution in [3.05, 3.63) is 0 Å². The molecule has 0 aliphatic carbocycles. The van der Waals surface area contributed by atoms with Gasteiger partial charge in [0.05, 0.1) is 13.0 Å². The Hall–Kier alpha value is -0.570. The van der Waals surface area contributed by atoms with Crippen LogP contribution in [0.15, 0.2) is 0 Å². The van der Waals surface area contributed by atoms with E-state index in [9.17, 15) is 4.79 Å². The van der Waals surface area contributed by atoms with E-state index in [0.29, 0.717) is 13.0 Å². The first-order valence-corrected chi connectivity index (χ1v) is 6.25. The van der Waals surface area contributed by atoms with Crippen molar-refractivity contribution in [3.63, 3.8) is 0 Å². The molecule has 0 rings (SSSR count). The smallest absolute Gasteiger partial charge is 0.308 e. The maximum Gasteiger partial charge on any atom is 0.308 e. The summed E-state index contributed by atoms with van der Waals surface area (Å²) in [6.07, 6.45) is 5.14. The number of hydrogen-bond acceptors (Lipinski definition) is 3. The predicted octanol–water partition coefficient (Wildman–Crippen LogP) is 3.32. The fourth-order valence-corrected chi connectivity index (χ4v) is 1.28. The van der Waals surface area contributed by atoms with E-state index in [1.807, 2.05) is 20.8 Å². The summed E-state index contributed by atoms with van der Waals surface area (Å²) in [6.45, 7) is 9.02. The average molecular weight is 230 g/mol. The van der Waals surface area contributed by atoms with Gasteiger partial charge in [-0.15, -0.1) is 0 Å². The average Bonchev–Trinajstić information content (AvgIpc) is 2.13. The van der Waals surface area contributed by atoms with Gasteiger partial charge in [-0.05, 0) is 27.2 Å². The van der Waals surface area contributed by atoms with Crippen molar-refractivity contribution in [2.45, 2.75) is 65.4 Å². The third kappa shape index (κ3) is 11.5. The van der Waals surface area contributed by atoms with Gasteiger partial charge in [0, 0.05) is 6.61 Å². The summed E-state index contributed by atoms with van der Waals surface area (Å²) in [4.78, 5) is 11.3. The van der Waals surface area contributed by atoms with E-state index < -0.39 is 5.60 Å². The molecule has 0 radical (unpaired) electrons. The van der Waals surface area contributed by atoms with Crippen molar-refractivity contribution >= 4 is 5.97 Å². The van der Waals surface area contributed by atoms with Crippen LogP contribution in [-0.4, -0.2) is 24.8 Å². The molecule has 0 spiro atoms. The lowest BCUT2D eigenvalue weighted by atomic mass is 10.2. The molecule has 96 valence electrons. The first-order chi connectivity index (χ1) is 7.45. The van der Waals surface area contributed by atoms with Crippen LogP contribution >= 0.6 is 0 Å². The van der Waals surface area contributed by atoms with E-state index in [-0.39, 0.29) is 5.97 Å². The van der Waals surface area contributed by atoms with E-state index in [4.69, 9.17) is 9.47 Å². The molecule has 0 saturated carbocycles. The summed E-state index contributed by atoms with van der Waals surface area (Å²) < 4.78 is 10.5. The molecule has 0 aromatic rings. The highest BCUT2D eigenvalue weighted by Gasteiger charge is 2.15. The van der Waals surface area contributed by atoms with Crippen molar-refractivity contribution in [2.75, 3.05) is 13.2 Å². The number of ether oxygens (including phenoxy) is 2. The third-order valence-electron chi connectivity index (χ3n) is 2.01. The predicted molar refractivity (Wildman–Crippen MR) is 65.4 cm³/mol. The van der Waals surface area contributed by atoms with E-state index in [2.05, 4.69) is 6.92 Å². The molecule has 0 atom stereocenters. The zero-order valence-corrected chi connectivity index (χ0v) is 11.2. The van der Waals surface area contributed by atoms with Crippen LogP contribution in [0.2, 0.25) is 0 Å². The fraction of sp³-hybridized carbons (Fsp3) is 0.923. The normalized spacial score (nSPS) is 11.5. The van der Waals surface area contributed by atoms with Crippen LogP contribution in [0.3, 0.4) is 0 Å². The van der Waals surface area contributed by atoms with Crippen molar-refractivity contribution in [1.82, 2.24) is 0 Å². The van der Waals surface area contributed by atoms with Crippen molar-refractivity contribution in [1.29, 1.82) is 0 Å². The van der Waals surface area contributed by atoms with Gasteiger partial charge >= 0.3 is 5.97 Å². The minimum absolute atomic E-state index is 0.180. The standard InChI is InChI=1S/C13H26O3/c1-5-6-7-8-10-15-11-9-12(14)16-13(2,3)4/h5-11H2,1-4H3. The Balaban J connectivity index is 3.28. The minimum atomic E-state index is -0.391. The Labute approximate surface area is 99.5 Å². The molecule has 0 saturated heterocycles. The Bertz CT molecular complexity index is 182. The zero-order valence-electron chi connectivity index (χ0n) is 11.2. The Morgan fingerprint density at radius 2 is 1.75 bits per heavy atom. The number of hydrogen-bond donors (Lipinski definition) is 0. The molecule has 0 amide bonds. The molecule has 0 unspecified atom stereocenters. The topological polar surface area (TPSA) is 35.5 Å². The SMILES string of the molecule is CCCCCCOCCC(=O)OC(C)(C)C. The van der Waals surface area contributed by atoms with Crippen LogP contribution in [0.25, 0.3) is 0 Å². The van der Waals surface area contributed by atoms with E-state index in [1.165, 1.54) is 19.3 Å². The molecule has 16 heavy (non-hydrogen) atoms. The van der Waals surface area contributed by atoms with E-state index >= 15 is 0 Å². The Morgan fingerprint density at radius 1 is 1.06 bits per heavy atom. The lowest BCUT2D eigenvalue weighted by molar-refractivity contribution is -0.156. The highest BCUT2D eigenvalue weighted by molar-refractivity contribution is 5.69. The number of carbonyl (C=O) groups is 1. The molecule has 3 nitrogen and oxygen atoms in total. The minimum Gasteiger partial charge on any atom is -0.460 e. The van der Waals surface area contributed by atoms with Gasteiger partial charge in [-0.2, -0.15) is 0 Å². The monoisotopic (exact) mass is 230 g/mol. The summed E-state index contributed by atoms with van der Waals surface area (Å²) in [7, 11) is 0. The molecule has 0 heterocycles. The summed E-state index contributed by atoms with van der Waals surface area (Å²) in [5, 5.41) is 0. The lowest BCUT2D eigenvalue weighted by Gasteiger charge is -2.19. The molecule has 0 N–H and O–H groups in total. The maximum absolute atomic E-state index is 11.3. The number of carbonyl (C=O) groups excluding carboxylic acids is 1. The molecule has 3 heteroatoms. The molecule has 0 fully saturated rings. The van der Waals surface area contributed by atoms with Gasteiger partial charge in [0.15, 0.2) is 0 Å². The second-order valence-electron chi connectivity index (χ2n) is 5.01. The lowest BCUT2D eigenvalue weighted by Crippen LogP contribution is -2.24. The van der Waals surface area contributed by atoms with Gasteiger partial charge in [0.25, 0.3) is 0 Å². The van der Waals surface area contributed by atoms with Gasteiger partial charge in [0.1, 0.15) is 5.60 Å². The molecular weight excluding hydrogens is 204 g/mol. The first-order valence-electron chi connectivity index (χ1n) is 6.25. The fourth-order valence-electron chi connectivity index (χ4n) is 1.28. The largest absolute Gasteiger partial charge is 0.460 e. The highest BCUT2D eigenvalue weighted by Crippen LogP contribution is 2.08. The van der Waals surface area contributed by atoms with Gasteiger partial charge in [-0.25, -0.2) is 0 Å². The number of rotatable bonds is 8. The molecule has 0 bridgehead atoms. The number of esters is 1. The van der Waals surface area contributed by atoms with E-state index in [0.717, 1.165) is 13.0 Å². The van der Waals surface area contributed by atoms with Crippen molar-refractivity contribution in [3.8, 4) is 0 Å². The quantitative estimate of drug-likeness (QED) is 0.474. The molecule has 0 aromatic heterocycles. The van der Waals surface area contributed by atoms with Gasteiger partial charge in [-0.3, -0.25) is 4.79 Å². The van der Waals surface area contributed by atoms with Crippen LogP contribution in [-0.2, 0) is 14.3 Å². The van der Waals surface area contributed by atoms with Crippen LogP contribution in [0.5, 0.6) is 0 Å². The third-order valence-corrected chi connectivity index (χ3v) is 2.01. The van der Waals surface area contributed by atoms with Crippen LogP contribution in [0.1, 0.15) is 59.8 Å². The van der Waals surface area contributed by atoms with Crippen LogP contribution < -0.4 is 0 Å². The molecule has 0 aliphatic rings. The van der Waals surface area contributed by atoms with Gasteiger partial charge in [-0.1, -0.05) is 26.2 Å². The maximum atomic E-state index is 11.3. The molecular formula is C13H26O3. The molecule has 0 aromatic carbocycles. The Morgan fingerprint density at radius 3 is 2.31 bits per heavy atom. The zero-order chi connectivity index (χ0) is 12.4. The van der Waals surface area contributed by atoms with Crippen molar-refractivity contribution in [2.24, 2.45) is 0 Å². The summed E-state index contributed by atoms with van der Waals surface area (Å²) >= 11 is 0. The number of unbranched alkanes of at least 4 members (excludes halogenated alkanes) is 3. The second kappa shape index (κ2) is 8.57. The second-order valence-corrected chi connectivity index (χ2v) is 5.01. The Kier molecular flexibility index (Phi) is 8.26. The molecule has 0 aliphatic heterocycles. The summed E-state index contributed by atoms with van der Waals surface area (Å²) in [5.41, 5.74) is -0.391. The van der Waals surface area contributed by atoms with E-state index in [1.54, 1.807) is 0 Å². The van der Waals surface area contributed by atoms with Crippen molar-refractivity contribution < 1.29 is 14.3 Å².